The number of halogens is 1. The van der Waals surface area contributed by atoms with Crippen LogP contribution in [0, 0.1) is 6.92 Å². The third kappa shape index (κ3) is 3.81. The Morgan fingerprint density at radius 3 is 2.61 bits per heavy atom. The molecule has 28 heavy (non-hydrogen) atoms. The van der Waals surface area contributed by atoms with Gasteiger partial charge in [0, 0.05) is 23.8 Å². The number of nitrogens with zero attached hydrogens (tertiary/aromatic N) is 2. The summed E-state index contributed by atoms with van der Waals surface area (Å²) in [5.41, 5.74) is 12.2. The summed E-state index contributed by atoms with van der Waals surface area (Å²) in [7, 11) is 0. The van der Waals surface area contributed by atoms with E-state index >= 15 is 0 Å². The highest BCUT2D eigenvalue weighted by Gasteiger charge is 2.27. The highest BCUT2D eigenvalue weighted by atomic mass is 35.5. The van der Waals surface area contributed by atoms with E-state index in [1.165, 1.54) is 0 Å². The molecule has 0 saturated carbocycles. The molecule has 3 N–H and O–H groups in total. The van der Waals surface area contributed by atoms with Crippen LogP contribution in [0.2, 0.25) is 0 Å². The maximum Gasteiger partial charge on any atom is 0.272 e. The standard InChI is InChI=1S/C22H24N4O.ClH/c1-15-8-5-6-12-19(15)26-20-13-7-11-17(20)21(25-26)22(27)24-14-18(23)16-9-3-2-4-10-16;/h2-6,8-10,12,18H,7,11,13-14,23H2,1H3,(H,24,27);1H. The Balaban J connectivity index is 0.00000225. The number of nitrogens with one attached hydrogen (secondary N) is 1. The molecule has 146 valence electrons. The largest absolute Gasteiger partial charge is 0.349 e. The lowest BCUT2D eigenvalue weighted by atomic mass is 10.1. The fourth-order valence-electron chi connectivity index (χ4n) is 3.72. The average Bonchev–Trinajstić information content (AvgIpc) is 3.30. The number of aryl methyl sites for hydroxylation is 1. The van der Waals surface area contributed by atoms with Crippen LogP contribution in [-0.2, 0) is 12.8 Å². The van der Waals surface area contributed by atoms with E-state index in [-0.39, 0.29) is 24.4 Å². The van der Waals surface area contributed by atoms with Crippen LogP contribution in [0.1, 0.15) is 45.3 Å². The molecule has 0 aliphatic heterocycles. The van der Waals surface area contributed by atoms with E-state index in [4.69, 9.17) is 5.73 Å². The lowest BCUT2D eigenvalue weighted by molar-refractivity contribution is 0.0945. The predicted molar refractivity (Wildman–Crippen MR) is 113 cm³/mol. The summed E-state index contributed by atoms with van der Waals surface area (Å²) in [6.45, 7) is 2.45. The van der Waals surface area contributed by atoms with E-state index in [9.17, 15) is 4.79 Å². The quantitative estimate of drug-likeness (QED) is 0.693. The van der Waals surface area contributed by atoms with Crippen LogP contribution < -0.4 is 11.1 Å². The van der Waals surface area contributed by atoms with Gasteiger partial charge in [0.15, 0.2) is 5.69 Å². The van der Waals surface area contributed by atoms with Crippen molar-refractivity contribution in [3.05, 3.63) is 82.7 Å². The first-order valence-electron chi connectivity index (χ1n) is 9.40. The van der Waals surface area contributed by atoms with Crippen LogP contribution in [0.15, 0.2) is 54.6 Å². The van der Waals surface area contributed by atoms with E-state index in [0.29, 0.717) is 12.2 Å². The molecule has 1 unspecified atom stereocenters. The van der Waals surface area contributed by atoms with Gasteiger partial charge in [-0.15, -0.1) is 12.4 Å². The number of hydrogen-bond donors (Lipinski definition) is 2. The molecule has 0 bridgehead atoms. The number of aromatic nitrogens is 2. The molecular formula is C22H25ClN4O. The molecule has 4 rings (SSSR count). The van der Waals surface area contributed by atoms with Gasteiger partial charge in [-0.1, -0.05) is 48.5 Å². The van der Waals surface area contributed by atoms with Gasteiger partial charge in [0.05, 0.1) is 5.69 Å². The fraction of sp³-hybridized carbons (Fsp3) is 0.273. The second-order valence-electron chi connectivity index (χ2n) is 7.05. The molecule has 0 saturated heterocycles. The molecular weight excluding hydrogens is 372 g/mol. The van der Waals surface area contributed by atoms with Gasteiger partial charge in [-0.25, -0.2) is 4.68 Å². The van der Waals surface area contributed by atoms with Gasteiger partial charge >= 0.3 is 0 Å². The molecule has 0 fully saturated rings. The van der Waals surface area contributed by atoms with Crippen LogP contribution in [0.3, 0.4) is 0 Å². The van der Waals surface area contributed by atoms with Crippen LogP contribution in [0.5, 0.6) is 0 Å². The molecule has 3 aromatic rings. The summed E-state index contributed by atoms with van der Waals surface area (Å²) < 4.78 is 1.95. The van der Waals surface area contributed by atoms with Crippen molar-refractivity contribution >= 4 is 18.3 Å². The summed E-state index contributed by atoms with van der Waals surface area (Å²) in [5.74, 6) is -0.146. The minimum atomic E-state index is -0.235. The van der Waals surface area contributed by atoms with Crippen molar-refractivity contribution in [2.75, 3.05) is 6.54 Å². The minimum absolute atomic E-state index is 0. The molecule has 0 spiro atoms. The lowest BCUT2D eigenvalue weighted by Crippen LogP contribution is -2.32. The zero-order chi connectivity index (χ0) is 18.8. The number of para-hydroxylation sites is 1. The Morgan fingerprint density at radius 1 is 1.14 bits per heavy atom. The van der Waals surface area contributed by atoms with Gasteiger partial charge in [-0.05, 0) is 43.4 Å². The first kappa shape index (κ1) is 20.1. The molecule has 1 aromatic heterocycles. The van der Waals surface area contributed by atoms with Gasteiger partial charge < -0.3 is 11.1 Å². The van der Waals surface area contributed by atoms with Crippen LogP contribution >= 0.6 is 12.4 Å². The topological polar surface area (TPSA) is 72.9 Å². The van der Waals surface area contributed by atoms with Crippen LogP contribution in [0.25, 0.3) is 5.69 Å². The molecule has 1 aliphatic rings. The number of rotatable bonds is 5. The number of amides is 1. The van der Waals surface area contributed by atoms with Gasteiger partial charge in [0.2, 0.25) is 0 Å². The maximum absolute atomic E-state index is 12.8. The van der Waals surface area contributed by atoms with Crippen molar-refractivity contribution < 1.29 is 4.79 Å². The van der Waals surface area contributed by atoms with Gasteiger partial charge in [-0.2, -0.15) is 5.10 Å². The SMILES string of the molecule is Cc1ccccc1-n1nc(C(=O)NCC(N)c2ccccc2)c2c1CCC2.Cl. The number of carbonyl (C=O) groups excluding carboxylic acids is 1. The fourth-order valence-corrected chi connectivity index (χ4v) is 3.72. The molecule has 1 amide bonds. The van der Waals surface area contributed by atoms with Crippen molar-refractivity contribution in [2.24, 2.45) is 5.73 Å². The van der Waals surface area contributed by atoms with E-state index in [1.54, 1.807) is 0 Å². The van der Waals surface area contributed by atoms with Crippen molar-refractivity contribution in [1.29, 1.82) is 0 Å². The molecule has 1 heterocycles. The minimum Gasteiger partial charge on any atom is -0.349 e. The van der Waals surface area contributed by atoms with Crippen molar-refractivity contribution in [2.45, 2.75) is 32.2 Å². The Morgan fingerprint density at radius 2 is 1.86 bits per heavy atom. The lowest BCUT2D eigenvalue weighted by Gasteiger charge is -2.13. The second kappa shape index (κ2) is 8.59. The molecule has 1 aliphatic carbocycles. The molecule has 2 aromatic carbocycles. The third-order valence-electron chi connectivity index (χ3n) is 5.20. The summed E-state index contributed by atoms with van der Waals surface area (Å²) in [6, 6.07) is 17.7. The number of hydrogen-bond acceptors (Lipinski definition) is 3. The van der Waals surface area contributed by atoms with Gasteiger partial charge in [-0.3, -0.25) is 4.79 Å². The van der Waals surface area contributed by atoms with Crippen LogP contribution in [0.4, 0.5) is 0 Å². The van der Waals surface area contributed by atoms with Gasteiger partial charge in [0.25, 0.3) is 5.91 Å². The summed E-state index contributed by atoms with van der Waals surface area (Å²) in [5, 5.41) is 7.64. The number of nitrogens with two attached hydrogens (primary N) is 1. The Bertz CT molecular complexity index is 968. The van der Waals surface area contributed by atoms with Crippen molar-refractivity contribution in [3.8, 4) is 5.69 Å². The van der Waals surface area contributed by atoms with Crippen molar-refractivity contribution in [3.63, 3.8) is 0 Å². The number of fused-ring (bicyclic) bond motifs is 1. The smallest absolute Gasteiger partial charge is 0.272 e. The summed E-state index contributed by atoms with van der Waals surface area (Å²) in [6.07, 6.45) is 2.91. The zero-order valence-electron chi connectivity index (χ0n) is 15.9. The van der Waals surface area contributed by atoms with E-state index < -0.39 is 0 Å². The molecule has 6 heteroatoms. The summed E-state index contributed by atoms with van der Waals surface area (Å²) >= 11 is 0. The third-order valence-corrected chi connectivity index (χ3v) is 5.20. The Hall–Kier alpha value is -2.63. The Kier molecular flexibility index (Phi) is 6.17. The predicted octanol–water partition coefficient (Wildman–Crippen LogP) is 3.52. The summed E-state index contributed by atoms with van der Waals surface area (Å²) in [4.78, 5) is 12.8. The van der Waals surface area contributed by atoms with Gasteiger partial charge in [0.1, 0.15) is 0 Å². The normalized spacial score (nSPS) is 13.5. The molecule has 5 nitrogen and oxygen atoms in total. The first-order valence-corrected chi connectivity index (χ1v) is 9.40. The number of carbonyl (C=O) groups is 1. The second-order valence-corrected chi connectivity index (χ2v) is 7.05. The Labute approximate surface area is 171 Å². The van der Waals surface area contributed by atoms with E-state index in [0.717, 1.165) is 47.3 Å². The first-order chi connectivity index (χ1) is 13.1. The maximum atomic E-state index is 12.8. The number of benzene rings is 2. The van der Waals surface area contributed by atoms with Crippen LogP contribution in [-0.4, -0.2) is 22.2 Å². The van der Waals surface area contributed by atoms with E-state index in [2.05, 4.69) is 23.4 Å². The monoisotopic (exact) mass is 396 g/mol. The zero-order valence-corrected chi connectivity index (χ0v) is 16.7. The molecule has 1 atom stereocenters. The average molecular weight is 397 g/mol. The highest BCUT2D eigenvalue weighted by molar-refractivity contribution is 5.94. The highest BCUT2D eigenvalue weighted by Crippen LogP contribution is 2.28. The van der Waals surface area contributed by atoms with E-state index in [1.807, 2.05) is 53.2 Å². The van der Waals surface area contributed by atoms with Crippen molar-refractivity contribution in [1.82, 2.24) is 15.1 Å². The molecule has 0 radical (unpaired) electrons.